The SMILES string of the molecule is CC(NS(=O)(=O)c1ccccc1O)c1nn[nH]n1. The summed E-state index contributed by atoms with van der Waals surface area (Å²) in [5.41, 5.74) is 0. The van der Waals surface area contributed by atoms with Crippen LogP contribution in [0.5, 0.6) is 5.75 Å². The minimum Gasteiger partial charge on any atom is -0.507 e. The number of nitrogens with zero attached hydrogens (tertiary/aromatic N) is 3. The van der Waals surface area contributed by atoms with Gasteiger partial charge in [-0.1, -0.05) is 17.3 Å². The molecule has 0 fully saturated rings. The molecule has 0 saturated carbocycles. The highest BCUT2D eigenvalue weighted by Crippen LogP contribution is 2.22. The number of sulfonamides is 1. The zero-order chi connectivity index (χ0) is 13.2. The average molecular weight is 269 g/mol. The predicted octanol–water partition coefficient (Wildman–Crippen LogP) is -0.0552. The number of benzene rings is 1. The minimum atomic E-state index is -3.84. The van der Waals surface area contributed by atoms with E-state index < -0.39 is 16.1 Å². The molecule has 2 rings (SSSR count). The zero-order valence-electron chi connectivity index (χ0n) is 9.40. The molecule has 0 saturated heterocycles. The third-order valence-electron chi connectivity index (χ3n) is 2.24. The van der Waals surface area contributed by atoms with Crippen LogP contribution in [0.3, 0.4) is 0 Å². The molecule has 0 aliphatic rings. The van der Waals surface area contributed by atoms with Crippen molar-refractivity contribution in [2.75, 3.05) is 0 Å². The Bertz CT molecular complexity index is 625. The first-order valence-corrected chi connectivity index (χ1v) is 6.52. The van der Waals surface area contributed by atoms with Crippen LogP contribution < -0.4 is 4.72 Å². The molecule has 1 atom stereocenters. The van der Waals surface area contributed by atoms with E-state index in [9.17, 15) is 13.5 Å². The molecular formula is C9H11N5O3S. The summed E-state index contributed by atoms with van der Waals surface area (Å²) in [5.74, 6) is -0.0979. The summed E-state index contributed by atoms with van der Waals surface area (Å²) < 4.78 is 26.3. The van der Waals surface area contributed by atoms with E-state index in [4.69, 9.17) is 0 Å². The first-order chi connectivity index (χ1) is 8.50. The van der Waals surface area contributed by atoms with Crippen LogP contribution in [-0.2, 0) is 10.0 Å². The molecule has 0 aliphatic carbocycles. The second kappa shape index (κ2) is 4.70. The van der Waals surface area contributed by atoms with Crippen molar-refractivity contribution >= 4 is 10.0 Å². The number of tetrazole rings is 1. The van der Waals surface area contributed by atoms with E-state index in [0.29, 0.717) is 0 Å². The van der Waals surface area contributed by atoms with Crippen LogP contribution >= 0.6 is 0 Å². The number of nitrogens with one attached hydrogen (secondary N) is 2. The molecule has 8 nitrogen and oxygen atoms in total. The number of phenols is 1. The number of aromatic amines is 1. The van der Waals surface area contributed by atoms with E-state index >= 15 is 0 Å². The summed E-state index contributed by atoms with van der Waals surface area (Å²) in [6, 6.07) is 5.01. The van der Waals surface area contributed by atoms with Gasteiger partial charge in [-0.05, 0) is 19.1 Å². The Morgan fingerprint density at radius 2 is 2.11 bits per heavy atom. The molecule has 0 spiro atoms. The largest absolute Gasteiger partial charge is 0.507 e. The van der Waals surface area contributed by atoms with Crippen molar-refractivity contribution in [3.8, 4) is 5.75 Å². The summed E-state index contributed by atoms with van der Waals surface area (Å²) in [4.78, 5) is -0.194. The number of aromatic hydroxyl groups is 1. The van der Waals surface area contributed by atoms with Gasteiger partial charge in [0.1, 0.15) is 10.6 Å². The first kappa shape index (κ1) is 12.5. The molecule has 0 aliphatic heterocycles. The number of hydrogen-bond donors (Lipinski definition) is 3. The van der Waals surface area contributed by atoms with Crippen molar-refractivity contribution in [1.29, 1.82) is 0 Å². The summed E-state index contributed by atoms with van der Waals surface area (Å²) in [5, 5.41) is 22.5. The molecule has 0 bridgehead atoms. The van der Waals surface area contributed by atoms with Gasteiger partial charge in [0.2, 0.25) is 10.0 Å². The summed E-state index contributed by atoms with van der Waals surface area (Å²) >= 11 is 0. The smallest absolute Gasteiger partial charge is 0.244 e. The molecule has 0 amide bonds. The molecule has 1 heterocycles. The van der Waals surface area contributed by atoms with Crippen molar-refractivity contribution in [3.63, 3.8) is 0 Å². The fraction of sp³-hybridized carbons (Fsp3) is 0.222. The van der Waals surface area contributed by atoms with Gasteiger partial charge in [-0.2, -0.15) is 5.21 Å². The van der Waals surface area contributed by atoms with Gasteiger partial charge in [0.05, 0.1) is 6.04 Å². The van der Waals surface area contributed by atoms with Crippen molar-refractivity contribution in [2.24, 2.45) is 0 Å². The molecule has 3 N–H and O–H groups in total. The lowest BCUT2D eigenvalue weighted by Gasteiger charge is -2.11. The van der Waals surface area contributed by atoms with Gasteiger partial charge in [0.15, 0.2) is 5.82 Å². The van der Waals surface area contributed by atoms with Gasteiger partial charge in [0, 0.05) is 0 Å². The number of phenolic OH excluding ortho intramolecular Hbond substituents is 1. The second-order valence-corrected chi connectivity index (χ2v) is 5.26. The lowest BCUT2D eigenvalue weighted by atomic mass is 10.3. The third-order valence-corrected chi connectivity index (χ3v) is 3.82. The van der Waals surface area contributed by atoms with Crippen LogP contribution in [0.25, 0.3) is 0 Å². The Labute approximate surface area is 103 Å². The van der Waals surface area contributed by atoms with E-state index in [-0.39, 0.29) is 16.5 Å². The molecule has 2 aromatic rings. The molecular weight excluding hydrogens is 258 g/mol. The maximum Gasteiger partial charge on any atom is 0.244 e. The van der Waals surface area contributed by atoms with Gasteiger partial charge in [0.25, 0.3) is 0 Å². The van der Waals surface area contributed by atoms with Gasteiger partial charge in [-0.15, -0.1) is 10.2 Å². The Morgan fingerprint density at radius 3 is 2.72 bits per heavy atom. The number of hydrogen-bond acceptors (Lipinski definition) is 6. The fourth-order valence-corrected chi connectivity index (χ4v) is 2.69. The van der Waals surface area contributed by atoms with Gasteiger partial charge < -0.3 is 5.11 Å². The fourth-order valence-electron chi connectivity index (χ4n) is 1.39. The van der Waals surface area contributed by atoms with Crippen LogP contribution in [0.15, 0.2) is 29.2 Å². The van der Waals surface area contributed by atoms with Crippen molar-refractivity contribution < 1.29 is 13.5 Å². The number of H-pyrrole nitrogens is 1. The highest BCUT2D eigenvalue weighted by atomic mass is 32.2. The van der Waals surface area contributed by atoms with Crippen LogP contribution in [0.2, 0.25) is 0 Å². The Balaban J connectivity index is 2.26. The van der Waals surface area contributed by atoms with Gasteiger partial charge in [-0.3, -0.25) is 0 Å². The zero-order valence-corrected chi connectivity index (χ0v) is 10.2. The highest BCUT2D eigenvalue weighted by molar-refractivity contribution is 7.89. The minimum absolute atomic E-state index is 0.194. The lowest BCUT2D eigenvalue weighted by molar-refractivity contribution is 0.457. The topological polar surface area (TPSA) is 121 Å². The first-order valence-electron chi connectivity index (χ1n) is 5.04. The van der Waals surface area contributed by atoms with Crippen LogP contribution in [0, 0.1) is 0 Å². The highest BCUT2D eigenvalue weighted by Gasteiger charge is 2.23. The van der Waals surface area contributed by atoms with Crippen molar-refractivity contribution in [3.05, 3.63) is 30.1 Å². The van der Waals surface area contributed by atoms with E-state index in [1.807, 2.05) is 0 Å². The van der Waals surface area contributed by atoms with E-state index in [2.05, 4.69) is 25.3 Å². The van der Waals surface area contributed by atoms with Crippen LogP contribution in [0.1, 0.15) is 18.8 Å². The molecule has 18 heavy (non-hydrogen) atoms. The molecule has 0 radical (unpaired) electrons. The molecule has 1 aromatic carbocycles. The predicted molar refractivity (Wildman–Crippen MR) is 61.0 cm³/mol. The molecule has 1 unspecified atom stereocenters. The normalized spacial score (nSPS) is 13.4. The standard InChI is InChI=1S/C9H11N5O3S/c1-6(9-10-13-14-11-9)12-18(16,17)8-5-3-2-4-7(8)15/h2-6,12,15H,1H3,(H,10,11,13,14). The van der Waals surface area contributed by atoms with Crippen LogP contribution in [-0.4, -0.2) is 34.1 Å². The number of aromatic nitrogens is 4. The summed E-state index contributed by atoms with van der Waals surface area (Å²) in [6.07, 6.45) is 0. The number of para-hydroxylation sites is 1. The van der Waals surface area contributed by atoms with E-state index in [1.165, 1.54) is 24.3 Å². The monoisotopic (exact) mass is 269 g/mol. The van der Waals surface area contributed by atoms with Gasteiger partial charge in [-0.25, -0.2) is 13.1 Å². The van der Waals surface area contributed by atoms with Crippen molar-refractivity contribution in [1.82, 2.24) is 25.3 Å². The van der Waals surface area contributed by atoms with E-state index in [1.54, 1.807) is 6.92 Å². The molecule has 96 valence electrons. The average Bonchev–Trinajstić information content (AvgIpc) is 2.82. The number of rotatable bonds is 4. The summed E-state index contributed by atoms with van der Waals surface area (Å²) in [7, 11) is -3.84. The van der Waals surface area contributed by atoms with E-state index in [0.717, 1.165) is 0 Å². The third kappa shape index (κ3) is 2.46. The quantitative estimate of drug-likeness (QED) is 0.715. The maximum absolute atomic E-state index is 12.0. The Kier molecular flexibility index (Phi) is 3.26. The maximum atomic E-state index is 12.0. The molecule has 9 heteroatoms. The van der Waals surface area contributed by atoms with Crippen LogP contribution in [0.4, 0.5) is 0 Å². The summed E-state index contributed by atoms with van der Waals surface area (Å²) in [6.45, 7) is 1.57. The van der Waals surface area contributed by atoms with Gasteiger partial charge >= 0.3 is 0 Å². The Hall–Kier alpha value is -2.00. The Morgan fingerprint density at radius 1 is 1.39 bits per heavy atom. The van der Waals surface area contributed by atoms with Crippen molar-refractivity contribution in [2.45, 2.75) is 17.9 Å². The molecule has 1 aromatic heterocycles. The second-order valence-electron chi connectivity index (χ2n) is 3.58. The lowest BCUT2D eigenvalue weighted by Crippen LogP contribution is -2.27.